The topological polar surface area (TPSA) is 23.5 Å². The summed E-state index contributed by atoms with van der Waals surface area (Å²) in [4.78, 5) is 2.40. The first-order chi connectivity index (χ1) is 6.52. The van der Waals surface area contributed by atoms with Gasteiger partial charge >= 0.3 is 0 Å². The van der Waals surface area contributed by atoms with Crippen LogP contribution in [-0.2, 0) is 0 Å². The lowest BCUT2D eigenvalue weighted by Crippen LogP contribution is -2.37. The molecular formula is C12H23NO. The highest BCUT2D eigenvalue weighted by molar-refractivity contribution is 5.12. The van der Waals surface area contributed by atoms with Crippen molar-refractivity contribution in [2.75, 3.05) is 26.7 Å². The summed E-state index contributed by atoms with van der Waals surface area (Å²) in [5.41, 5.74) is 0.663. The molecule has 0 aromatic carbocycles. The highest BCUT2D eigenvalue weighted by Gasteiger charge is 2.64. The Morgan fingerprint density at radius 1 is 1.29 bits per heavy atom. The first kappa shape index (κ1) is 10.4. The summed E-state index contributed by atoms with van der Waals surface area (Å²) >= 11 is 0. The van der Waals surface area contributed by atoms with Crippen molar-refractivity contribution in [3.8, 4) is 0 Å². The molecule has 1 N–H and O–H groups in total. The van der Waals surface area contributed by atoms with E-state index >= 15 is 0 Å². The highest BCUT2D eigenvalue weighted by atomic mass is 16.3. The van der Waals surface area contributed by atoms with Gasteiger partial charge in [0.25, 0.3) is 0 Å². The van der Waals surface area contributed by atoms with Gasteiger partial charge in [0.2, 0.25) is 0 Å². The summed E-state index contributed by atoms with van der Waals surface area (Å²) in [5.74, 6) is 0.763. The van der Waals surface area contributed by atoms with Crippen molar-refractivity contribution in [1.82, 2.24) is 4.90 Å². The van der Waals surface area contributed by atoms with E-state index in [9.17, 15) is 5.11 Å². The Hall–Kier alpha value is -0.0800. The molecule has 2 heteroatoms. The van der Waals surface area contributed by atoms with Crippen LogP contribution in [0.2, 0.25) is 0 Å². The highest BCUT2D eigenvalue weighted by Crippen LogP contribution is 2.68. The van der Waals surface area contributed by atoms with E-state index in [1.54, 1.807) is 0 Å². The standard InChI is InChI=1S/C12H23NO/c1-11(2)8-12(11,9-14)10-4-6-13(3)7-5-10/h10,14H,4-9H2,1-3H3. The van der Waals surface area contributed by atoms with Crippen LogP contribution < -0.4 is 0 Å². The summed E-state index contributed by atoms with van der Waals surface area (Å²) in [6, 6.07) is 0. The van der Waals surface area contributed by atoms with Gasteiger partial charge in [-0.3, -0.25) is 0 Å². The summed E-state index contributed by atoms with van der Waals surface area (Å²) in [5, 5.41) is 9.60. The minimum atomic E-state index is 0.272. The number of aliphatic hydroxyl groups excluding tert-OH is 1. The van der Waals surface area contributed by atoms with Crippen LogP contribution in [0.4, 0.5) is 0 Å². The molecule has 82 valence electrons. The van der Waals surface area contributed by atoms with E-state index in [-0.39, 0.29) is 5.41 Å². The third-order valence-corrected chi connectivity index (χ3v) is 4.76. The zero-order valence-corrected chi connectivity index (χ0v) is 9.71. The molecule has 1 saturated carbocycles. The molecule has 2 fully saturated rings. The van der Waals surface area contributed by atoms with Crippen molar-refractivity contribution in [1.29, 1.82) is 0 Å². The van der Waals surface area contributed by atoms with Gasteiger partial charge in [0.15, 0.2) is 0 Å². The van der Waals surface area contributed by atoms with Crippen molar-refractivity contribution >= 4 is 0 Å². The minimum Gasteiger partial charge on any atom is -0.396 e. The monoisotopic (exact) mass is 197 g/mol. The Balaban J connectivity index is 2.01. The Bertz CT molecular complexity index is 218. The van der Waals surface area contributed by atoms with Gasteiger partial charge in [0.1, 0.15) is 0 Å². The van der Waals surface area contributed by atoms with E-state index in [1.807, 2.05) is 0 Å². The molecule has 1 aliphatic carbocycles. The maximum absolute atomic E-state index is 9.60. The molecule has 0 aromatic rings. The molecule has 2 aliphatic rings. The number of piperidine rings is 1. The number of likely N-dealkylation sites (tertiary alicyclic amines) is 1. The van der Waals surface area contributed by atoms with Crippen LogP contribution in [-0.4, -0.2) is 36.8 Å². The molecule has 1 aliphatic heterocycles. The molecule has 0 amide bonds. The maximum atomic E-state index is 9.60. The van der Waals surface area contributed by atoms with Gasteiger partial charge < -0.3 is 10.0 Å². The zero-order chi connectivity index (χ0) is 10.4. The maximum Gasteiger partial charge on any atom is 0.0495 e. The lowest BCUT2D eigenvalue weighted by molar-refractivity contribution is 0.0769. The second-order valence-corrected chi connectivity index (χ2v) is 5.95. The molecule has 0 bridgehead atoms. The number of aliphatic hydroxyl groups is 1. The van der Waals surface area contributed by atoms with Crippen molar-refractivity contribution < 1.29 is 5.11 Å². The second-order valence-electron chi connectivity index (χ2n) is 5.95. The van der Waals surface area contributed by atoms with E-state index in [4.69, 9.17) is 0 Å². The van der Waals surface area contributed by atoms with Crippen LogP contribution in [0.3, 0.4) is 0 Å². The van der Waals surface area contributed by atoms with Gasteiger partial charge in [-0.25, -0.2) is 0 Å². The fourth-order valence-corrected chi connectivity index (χ4v) is 3.40. The van der Waals surface area contributed by atoms with Crippen LogP contribution in [0.5, 0.6) is 0 Å². The smallest absolute Gasteiger partial charge is 0.0495 e. The van der Waals surface area contributed by atoms with Crippen LogP contribution in [0.25, 0.3) is 0 Å². The van der Waals surface area contributed by atoms with Gasteiger partial charge in [0, 0.05) is 12.0 Å². The third kappa shape index (κ3) is 1.40. The molecule has 2 nitrogen and oxygen atoms in total. The fraction of sp³-hybridized carbons (Fsp3) is 1.00. The minimum absolute atomic E-state index is 0.272. The molecule has 0 radical (unpaired) electrons. The molecule has 2 rings (SSSR count). The van der Waals surface area contributed by atoms with Crippen LogP contribution >= 0.6 is 0 Å². The number of nitrogens with zero attached hydrogens (tertiary/aromatic N) is 1. The zero-order valence-electron chi connectivity index (χ0n) is 9.71. The first-order valence-electron chi connectivity index (χ1n) is 5.81. The van der Waals surface area contributed by atoms with Crippen molar-refractivity contribution in [2.45, 2.75) is 33.1 Å². The predicted octanol–water partition coefficient (Wildman–Crippen LogP) is 1.74. The Morgan fingerprint density at radius 3 is 2.14 bits per heavy atom. The van der Waals surface area contributed by atoms with Crippen molar-refractivity contribution in [3.05, 3.63) is 0 Å². The lowest BCUT2D eigenvalue weighted by Gasteiger charge is -2.35. The summed E-state index contributed by atoms with van der Waals surface area (Å²) in [6.07, 6.45) is 3.78. The fourth-order valence-electron chi connectivity index (χ4n) is 3.40. The summed E-state index contributed by atoms with van der Waals surface area (Å²) in [6.45, 7) is 7.43. The van der Waals surface area contributed by atoms with Gasteiger partial charge in [-0.2, -0.15) is 0 Å². The third-order valence-electron chi connectivity index (χ3n) is 4.76. The average molecular weight is 197 g/mol. The van der Waals surface area contributed by atoms with Crippen LogP contribution in [0.1, 0.15) is 33.1 Å². The van der Waals surface area contributed by atoms with E-state index in [0.29, 0.717) is 12.0 Å². The van der Waals surface area contributed by atoms with Gasteiger partial charge in [-0.15, -0.1) is 0 Å². The summed E-state index contributed by atoms with van der Waals surface area (Å²) < 4.78 is 0. The Labute approximate surface area is 87.3 Å². The molecule has 1 heterocycles. The number of hydrogen-bond donors (Lipinski definition) is 1. The number of rotatable bonds is 2. The Morgan fingerprint density at radius 2 is 1.79 bits per heavy atom. The van der Waals surface area contributed by atoms with E-state index in [0.717, 1.165) is 5.92 Å². The van der Waals surface area contributed by atoms with Crippen LogP contribution in [0.15, 0.2) is 0 Å². The van der Waals surface area contributed by atoms with Gasteiger partial charge in [-0.1, -0.05) is 13.8 Å². The first-order valence-corrected chi connectivity index (χ1v) is 5.81. The predicted molar refractivity (Wildman–Crippen MR) is 58.1 cm³/mol. The molecule has 1 saturated heterocycles. The molecule has 1 atom stereocenters. The number of hydrogen-bond acceptors (Lipinski definition) is 2. The quantitative estimate of drug-likeness (QED) is 0.729. The molecule has 14 heavy (non-hydrogen) atoms. The SMILES string of the molecule is CN1CCC(C2(CO)CC2(C)C)CC1. The average Bonchev–Trinajstić information content (AvgIpc) is 2.71. The summed E-state index contributed by atoms with van der Waals surface area (Å²) in [7, 11) is 2.19. The van der Waals surface area contributed by atoms with E-state index in [1.165, 1.54) is 32.4 Å². The van der Waals surface area contributed by atoms with Crippen molar-refractivity contribution in [2.24, 2.45) is 16.7 Å². The largest absolute Gasteiger partial charge is 0.396 e. The second kappa shape index (κ2) is 3.21. The van der Waals surface area contributed by atoms with Gasteiger partial charge in [0.05, 0.1) is 0 Å². The normalized spacial score (nSPS) is 38.6. The molecule has 0 aromatic heterocycles. The lowest BCUT2D eigenvalue weighted by atomic mass is 9.77. The van der Waals surface area contributed by atoms with Gasteiger partial charge in [-0.05, 0) is 50.7 Å². The molecule has 0 spiro atoms. The molecule has 1 unspecified atom stereocenters. The van der Waals surface area contributed by atoms with Crippen molar-refractivity contribution in [3.63, 3.8) is 0 Å². The molecular weight excluding hydrogens is 174 g/mol. The van der Waals surface area contributed by atoms with E-state index < -0.39 is 0 Å². The van der Waals surface area contributed by atoms with E-state index in [2.05, 4.69) is 25.8 Å². The van der Waals surface area contributed by atoms with Crippen LogP contribution in [0, 0.1) is 16.7 Å². The Kier molecular flexibility index (Phi) is 2.39.